The molecule has 0 bridgehead atoms. The summed E-state index contributed by atoms with van der Waals surface area (Å²) in [6, 6.07) is 14.5. The quantitative estimate of drug-likeness (QED) is 0.646. The number of nitrogens with one attached hydrogen (secondary N) is 1. The average molecular weight is 404 g/mol. The molecule has 3 aromatic rings. The summed E-state index contributed by atoms with van der Waals surface area (Å²) in [5, 5.41) is 3.49. The summed E-state index contributed by atoms with van der Waals surface area (Å²) >= 11 is 0. The van der Waals surface area contributed by atoms with Crippen molar-refractivity contribution in [2.45, 2.75) is 26.2 Å². The number of amides is 1. The smallest absolute Gasteiger partial charge is 0.339 e. The first-order valence-electron chi connectivity index (χ1n) is 10.1. The fourth-order valence-electron chi connectivity index (χ4n) is 3.87. The van der Waals surface area contributed by atoms with Gasteiger partial charge in [0.2, 0.25) is 0 Å². The van der Waals surface area contributed by atoms with Crippen LogP contribution >= 0.6 is 0 Å². The van der Waals surface area contributed by atoms with Gasteiger partial charge in [0.05, 0.1) is 18.2 Å². The molecule has 1 N–H and O–H groups in total. The Balaban J connectivity index is 1.52. The van der Waals surface area contributed by atoms with E-state index in [1.54, 1.807) is 31.4 Å². The number of benzene rings is 2. The van der Waals surface area contributed by atoms with Crippen LogP contribution in [0.15, 0.2) is 48.5 Å². The van der Waals surface area contributed by atoms with E-state index in [1.165, 1.54) is 0 Å². The Kier molecular flexibility index (Phi) is 5.65. The Labute approximate surface area is 175 Å². The molecule has 4 rings (SSSR count). The zero-order valence-corrected chi connectivity index (χ0v) is 17.1. The van der Waals surface area contributed by atoms with Crippen LogP contribution in [0, 0.1) is 5.92 Å². The third-order valence-electron chi connectivity index (χ3n) is 5.42. The lowest BCUT2D eigenvalue weighted by molar-refractivity contribution is -0.119. The highest BCUT2D eigenvalue weighted by molar-refractivity contribution is 6.06. The van der Waals surface area contributed by atoms with Crippen LogP contribution in [-0.2, 0) is 22.4 Å². The van der Waals surface area contributed by atoms with Crippen LogP contribution < -0.4 is 10.1 Å². The minimum Gasteiger partial charge on any atom is -0.497 e. The number of aromatic nitrogens is 1. The highest BCUT2D eigenvalue weighted by atomic mass is 16.5. The molecule has 0 radical (unpaired) electrons. The number of nitrogens with zero attached hydrogens (tertiary/aromatic N) is 1. The summed E-state index contributed by atoms with van der Waals surface area (Å²) in [6.07, 6.45) is 2.69. The number of carbonyl (C=O) groups is 2. The van der Waals surface area contributed by atoms with Gasteiger partial charge in [-0.2, -0.15) is 0 Å². The van der Waals surface area contributed by atoms with Crippen molar-refractivity contribution < 1.29 is 19.1 Å². The normalized spacial score (nSPS) is 15.3. The van der Waals surface area contributed by atoms with Gasteiger partial charge in [-0.15, -0.1) is 0 Å². The van der Waals surface area contributed by atoms with Crippen molar-refractivity contribution in [3.8, 4) is 5.75 Å². The molecule has 6 nitrogen and oxygen atoms in total. The summed E-state index contributed by atoms with van der Waals surface area (Å²) in [5.74, 6) is 0.298. The second-order valence-electron chi connectivity index (χ2n) is 7.63. The first-order valence-corrected chi connectivity index (χ1v) is 10.1. The van der Waals surface area contributed by atoms with Gasteiger partial charge in [0.15, 0.2) is 6.61 Å². The summed E-state index contributed by atoms with van der Waals surface area (Å²) in [6.45, 7) is 1.82. The van der Waals surface area contributed by atoms with Crippen molar-refractivity contribution in [1.29, 1.82) is 0 Å². The lowest BCUT2D eigenvalue weighted by atomic mass is 9.84. The Hall–Kier alpha value is -3.41. The Morgan fingerprint density at radius 1 is 1.13 bits per heavy atom. The number of rotatable bonds is 5. The van der Waals surface area contributed by atoms with Crippen LogP contribution in [-0.4, -0.2) is 30.6 Å². The molecular formula is C24H24N2O4. The van der Waals surface area contributed by atoms with Crippen LogP contribution in [0.5, 0.6) is 5.75 Å². The fourth-order valence-corrected chi connectivity index (χ4v) is 3.87. The van der Waals surface area contributed by atoms with E-state index < -0.39 is 11.9 Å². The first-order chi connectivity index (χ1) is 14.5. The summed E-state index contributed by atoms with van der Waals surface area (Å²) in [4.78, 5) is 30.1. The van der Waals surface area contributed by atoms with E-state index in [0.29, 0.717) is 22.9 Å². The number of methoxy groups -OCH3 is 1. The third-order valence-corrected chi connectivity index (χ3v) is 5.42. The maximum absolute atomic E-state index is 13.0. The van der Waals surface area contributed by atoms with E-state index in [1.807, 2.05) is 24.3 Å². The molecular weight excluding hydrogens is 380 g/mol. The molecule has 1 aliphatic rings. The van der Waals surface area contributed by atoms with E-state index in [-0.39, 0.29) is 6.61 Å². The minimum atomic E-state index is -0.483. The molecule has 0 saturated heterocycles. The molecule has 1 atom stereocenters. The number of aryl methyl sites for hydroxylation is 1. The molecule has 0 saturated carbocycles. The van der Waals surface area contributed by atoms with Crippen LogP contribution in [0.3, 0.4) is 0 Å². The van der Waals surface area contributed by atoms with Crippen molar-refractivity contribution in [2.24, 2.45) is 5.92 Å². The first kappa shape index (κ1) is 19.9. The van der Waals surface area contributed by atoms with Crippen molar-refractivity contribution in [3.63, 3.8) is 0 Å². The number of ether oxygens (including phenoxy) is 2. The number of anilines is 1. The number of carbonyl (C=O) groups excluding carboxylic acids is 2. The van der Waals surface area contributed by atoms with Crippen LogP contribution in [0.1, 0.15) is 35.0 Å². The molecule has 30 heavy (non-hydrogen) atoms. The minimum absolute atomic E-state index is 0.355. The molecule has 154 valence electrons. The molecule has 1 heterocycles. The number of esters is 1. The second kappa shape index (κ2) is 8.53. The van der Waals surface area contributed by atoms with Gasteiger partial charge in [-0.25, -0.2) is 4.79 Å². The number of para-hydroxylation sites is 1. The predicted octanol–water partition coefficient (Wildman–Crippen LogP) is 4.16. The van der Waals surface area contributed by atoms with Crippen LogP contribution in [0.25, 0.3) is 10.9 Å². The Bertz CT molecular complexity index is 1090. The monoisotopic (exact) mass is 404 g/mol. The molecule has 6 heteroatoms. The highest BCUT2D eigenvalue weighted by Crippen LogP contribution is 2.32. The van der Waals surface area contributed by atoms with Gasteiger partial charge in [-0.05, 0) is 61.1 Å². The van der Waals surface area contributed by atoms with Gasteiger partial charge < -0.3 is 14.8 Å². The van der Waals surface area contributed by atoms with Crippen molar-refractivity contribution in [1.82, 2.24) is 4.98 Å². The van der Waals surface area contributed by atoms with E-state index in [0.717, 1.165) is 41.4 Å². The number of hydrogen-bond donors (Lipinski definition) is 1. The number of pyridine rings is 1. The average Bonchev–Trinajstić information content (AvgIpc) is 2.76. The summed E-state index contributed by atoms with van der Waals surface area (Å²) in [7, 11) is 1.58. The molecule has 1 aliphatic carbocycles. The lowest BCUT2D eigenvalue weighted by Gasteiger charge is -2.24. The molecule has 0 spiro atoms. The van der Waals surface area contributed by atoms with Crippen LogP contribution in [0.4, 0.5) is 5.69 Å². The van der Waals surface area contributed by atoms with E-state index in [2.05, 4.69) is 12.2 Å². The molecule has 0 aliphatic heterocycles. The maximum Gasteiger partial charge on any atom is 0.339 e. The van der Waals surface area contributed by atoms with Crippen molar-refractivity contribution in [3.05, 3.63) is 65.4 Å². The lowest BCUT2D eigenvalue weighted by Crippen LogP contribution is -2.23. The largest absolute Gasteiger partial charge is 0.497 e. The summed E-state index contributed by atoms with van der Waals surface area (Å²) < 4.78 is 10.5. The van der Waals surface area contributed by atoms with Gasteiger partial charge in [-0.1, -0.05) is 25.1 Å². The zero-order valence-electron chi connectivity index (χ0n) is 17.1. The van der Waals surface area contributed by atoms with Gasteiger partial charge in [0, 0.05) is 16.8 Å². The SMILES string of the molecule is COc1ccc(NC(=O)COC(=O)c2c3c(nc4ccccc24)CC[C@@H](C)C3)cc1. The fraction of sp³-hybridized carbons (Fsp3) is 0.292. The predicted molar refractivity (Wildman–Crippen MR) is 115 cm³/mol. The Morgan fingerprint density at radius 2 is 1.90 bits per heavy atom. The standard InChI is InChI=1S/C24H24N2O4/c1-15-7-12-21-19(13-15)23(18-5-3-4-6-20(18)26-21)24(28)30-14-22(27)25-16-8-10-17(29-2)11-9-16/h3-6,8-11,15H,7,12-14H2,1-2H3,(H,25,27)/t15-/m1/s1. The van der Waals surface area contributed by atoms with Crippen molar-refractivity contribution >= 4 is 28.5 Å². The highest BCUT2D eigenvalue weighted by Gasteiger charge is 2.26. The number of hydrogen-bond acceptors (Lipinski definition) is 5. The van der Waals surface area contributed by atoms with Gasteiger partial charge in [-0.3, -0.25) is 9.78 Å². The molecule has 2 aromatic carbocycles. The Morgan fingerprint density at radius 3 is 2.67 bits per heavy atom. The molecule has 0 unspecified atom stereocenters. The van der Waals surface area contributed by atoms with Crippen LogP contribution in [0.2, 0.25) is 0 Å². The topological polar surface area (TPSA) is 77.5 Å². The van der Waals surface area contributed by atoms with E-state index >= 15 is 0 Å². The summed E-state index contributed by atoms with van der Waals surface area (Å²) in [5.41, 5.74) is 3.84. The van der Waals surface area contributed by atoms with Gasteiger partial charge in [0.25, 0.3) is 5.91 Å². The molecule has 1 amide bonds. The zero-order chi connectivity index (χ0) is 21.1. The van der Waals surface area contributed by atoms with Gasteiger partial charge in [0.1, 0.15) is 5.75 Å². The van der Waals surface area contributed by atoms with Crippen molar-refractivity contribution in [2.75, 3.05) is 19.0 Å². The molecule has 1 aromatic heterocycles. The van der Waals surface area contributed by atoms with E-state index in [4.69, 9.17) is 14.5 Å². The maximum atomic E-state index is 13.0. The molecule has 0 fully saturated rings. The second-order valence-corrected chi connectivity index (χ2v) is 7.63. The third kappa shape index (κ3) is 4.13. The van der Waals surface area contributed by atoms with E-state index in [9.17, 15) is 9.59 Å². The van der Waals surface area contributed by atoms with Gasteiger partial charge >= 0.3 is 5.97 Å². The number of fused-ring (bicyclic) bond motifs is 2.